The summed E-state index contributed by atoms with van der Waals surface area (Å²) in [6, 6.07) is 30.8. The number of hydrogen-bond donors (Lipinski definition) is 0. The molecule has 0 unspecified atom stereocenters. The van der Waals surface area contributed by atoms with E-state index in [4.69, 9.17) is 19.4 Å². The van der Waals surface area contributed by atoms with Crippen LogP contribution in [0.15, 0.2) is 120 Å². The van der Waals surface area contributed by atoms with E-state index in [9.17, 15) is 28.8 Å². The topological polar surface area (TPSA) is 147 Å². The van der Waals surface area contributed by atoms with Crippen molar-refractivity contribution in [2.75, 3.05) is 0 Å². The minimum Gasteiger partial charge on any atom is -0.459 e. The van der Waals surface area contributed by atoms with Crippen LogP contribution in [0, 0.1) is 0 Å². The number of hydrogen-bond acceptors (Lipinski definition) is 12. The van der Waals surface area contributed by atoms with Gasteiger partial charge in [-0.15, -0.1) is 22.7 Å². The largest absolute Gasteiger partial charge is 0.459 e. The van der Waals surface area contributed by atoms with E-state index in [1.807, 2.05) is 12.1 Å². The molecule has 55 heavy (non-hydrogen) atoms. The van der Waals surface area contributed by atoms with E-state index < -0.39 is 40.5 Å². The molecule has 0 N–H and O–H groups in total. The van der Waals surface area contributed by atoms with Gasteiger partial charge in [0.15, 0.2) is 23.1 Å². The number of allylic oxidation sites excluding steroid dienone is 2. The second kappa shape index (κ2) is 13.3. The van der Waals surface area contributed by atoms with Gasteiger partial charge in [0.25, 0.3) is 5.41 Å². The molecule has 3 aliphatic rings. The summed E-state index contributed by atoms with van der Waals surface area (Å²) in [5.74, 6) is -3.89. The lowest BCUT2D eigenvalue weighted by Gasteiger charge is -2.24. The minimum absolute atomic E-state index is 0.0238. The summed E-state index contributed by atoms with van der Waals surface area (Å²) in [5.41, 5.74) is -0.218. The molecule has 0 saturated carbocycles. The molecule has 0 bridgehead atoms. The maximum absolute atomic E-state index is 14.7. The van der Waals surface area contributed by atoms with Crippen LogP contribution in [0.5, 0.6) is 0 Å². The molecule has 12 heteroatoms. The first-order valence-electron chi connectivity index (χ1n) is 17.0. The fraction of sp³-hybridized carbons (Fsp3) is 0.0698. The van der Waals surface area contributed by atoms with Crippen LogP contribution in [0.3, 0.4) is 0 Å². The van der Waals surface area contributed by atoms with Crippen molar-refractivity contribution in [1.29, 1.82) is 0 Å². The van der Waals surface area contributed by atoms with Crippen LogP contribution in [-0.4, -0.2) is 45.0 Å². The SMILES string of the molecule is O=C1C(=Cc2nc3c(s2)-c2sc(C=C4C(=O)c5ccccc5C4=O)nc2C3(C(=O)OCc2ccccc2)C(=O)OCc2ccccc2)C(=O)c2ccccc21. The monoisotopic (exact) mass is 760 g/mol. The standard InChI is InChI=1S/C43H24N2O8S2/c46-33-25-15-7-8-16-26(25)34(47)29(33)19-31-44-39-37(54-31)38-40(45-32(55-38)20-30-35(48)27-17-9-10-18-28(27)36(30)49)43(39,41(50)52-21-23-11-3-1-4-12-23)42(51)53-22-24-13-5-2-6-14-24/h1-20H,21-22H2. The molecule has 0 amide bonds. The summed E-state index contributed by atoms with van der Waals surface area (Å²) in [6.07, 6.45) is 2.72. The highest BCUT2D eigenvalue weighted by Crippen LogP contribution is 2.55. The van der Waals surface area contributed by atoms with Gasteiger partial charge in [-0.05, 0) is 23.3 Å². The number of Topliss-reactive ketones (excluding diaryl/α,β-unsaturated/α-hetero) is 4. The first-order valence-corrected chi connectivity index (χ1v) is 18.6. The van der Waals surface area contributed by atoms with Crippen LogP contribution in [0.1, 0.15) is 74.0 Å². The van der Waals surface area contributed by atoms with Crippen LogP contribution >= 0.6 is 22.7 Å². The van der Waals surface area contributed by atoms with Crippen molar-refractivity contribution < 1.29 is 38.2 Å². The third kappa shape index (κ3) is 5.45. The maximum Gasteiger partial charge on any atom is 0.336 e. The Morgan fingerprint density at radius 2 is 0.836 bits per heavy atom. The number of ketones is 4. The Kier molecular flexibility index (Phi) is 8.21. The number of aromatic nitrogens is 2. The highest BCUT2D eigenvalue weighted by atomic mass is 32.1. The van der Waals surface area contributed by atoms with E-state index in [0.717, 1.165) is 22.7 Å². The Bertz CT molecular complexity index is 2460. The first kappa shape index (κ1) is 34.0. The zero-order chi connectivity index (χ0) is 37.8. The lowest BCUT2D eigenvalue weighted by molar-refractivity contribution is -0.164. The van der Waals surface area contributed by atoms with Crippen LogP contribution in [0.4, 0.5) is 0 Å². The number of rotatable bonds is 8. The Balaban J connectivity index is 1.20. The summed E-state index contributed by atoms with van der Waals surface area (Å²) in [4.78, 5) is 93.0. The molecular weight excluding hydrogens is 737 g/mol. The molecule has 0 spiro atoms. The van der Waals surface area contributed by atoms with Crippen LogP contribution in [0.25, 0.3) is 21.9 Å². The Hall–Kier alpha value is -6.76. The Labute approximate surface area is 320 Å². The Morgan fingerprint density at radius 1 is 0.509 bits per heavy atom. The highest BCUT2D eigenvalue weighted by molar-refractivity contribution is 7.23. The smallest absolute Gasteiger partial charge is 0.336 e. The fourth-order valence-corrected chi connectivity index (χ4v) is 9.18. The summed E-state index contributed by atoms with van der Waals surface area (Å²) >= 11 is 2.11. The molecule has 6 aromatic rings. The second-order valence-corrected chi connectivity index (χ2v) is 14.9. The zero-order valence-electron chi connectivity index (χ0n) is 28.4. The van der Waals surface area contributed by atoms with Crippen molar-refractivity contribution in [2.45, 2.75) is 18.6 Å². The van der Waals surface area contributed by atoms with Crippen molar-refractivity contribution >= 4 is 69.9 Å². The van der Waals surface area contributed by atoms with Gasteiger partial charge in [-0.2, -0.15) is 0 Å². The van der Waals surface area contributed by atoms with Gasteiger partial charge < -0.3 is 9.47 Å². The quantitative estimate of drug-likeness (QED) is 0.0671. The number of benzene rings is 4. The van der Waals surface area contributed by atoms with Crippen molar-refractivity contribution in [3.63, 3.8) is 0 Å². The molecule has 10 nitrogen and oxygen atoms in total. The van der Waals surface area contributed by atoms with E-state index in [1.165, 1.54) is 12.2 Å². The van der Waals surface area contributed by atoms with Gasteiger partial charge in [-0.25, -0.2) is 19.6 Å². The third-order valence-electron chi connectivity index (χ3n) is 9.59. The van der Waals surface area contributed by atoms with E-state index in [-0.39, 0.29) is 68.0 Å². The molecule has 0 radical (unpaired) electrons. The molecule has 3 aliphatic carbocycles. The fourth-order valence-electron chi connectivity index (χ4n) is 6.91. The number of thiazole rings is 2. The molecule has 266 valence electrons. The van der Waals surface area contributed by atoms with Gasteiger partial charge in [0.05, 0.1) is 32.3 Å². The average Bonchev–Trinajstić information content (AvgIpc) is 3.99. The zero-order valence-corrected chi connectivity index (χ0v) is 30.1. The summed E-state index contributed by atoms with van der Waals surface area (Å²) < 4.78 is 11.8. The van der Waals surface area contributed by atoms with Gasteiger partial charge >= 0.3 is 11.9 Å². The van der Waals surface area contributed by atoms with Gasteiger partial charge in [0, 0.05) is 22.3 Å². The van der Waals surface area contributed by atoms with Crippen molar-refractivity contribution in [1.82, 2.24) is 9.97 Å². The normalized spacial score (nSPS) is 14.7. The summed E-state index contributed by atoms with van der Waals surface area (Å²) in [5, 5.41) is 0.363. The van der Waals surface area contributed by atoms with E-state index >= 15 is 0 Å². The van der Waals surface area contributed by atoms with Crippen molar-refractivity contribution in [3.8, 4) is 9.75 Å². The number of ether oxygens (including phenoxy) is 2. The average molecular weight is 761 g/mol. The molecular formula is C43H24N2O8S2. The minimum atomic E-state index is -2.35. The van der Waals surface area contributed by atoms with Crippen LogP contribution < -0.4 is 0 Å². The first-order chi connectivity index (χ1) is 26.8. The highest BCUT2D eigenvalue weighted by Gasteiger charge is 2.63. The lowest BCUT2D eigenvalue weighted by atomic mass is 9.84. The molecule has 0 saturated heterocycles. The number of fused-ring (bicyclic) bond motifs is 5. The molecule has 4 aromatic carbocycles. The predicted octanol–water partition coefficient (Wildman–Crippen LogP) is 7.28. The summed E-state index contributed by atoms with van der Waals surface area (Å²) in [7, 11) is 0. The molecule has 0 atom stereocenters. The molecule has 9 rings (SSSR count). The third-order valence-corrected chi connectivity index (χ3v) is 11.8. The van der Waals surface area contributed by atoms with E-state index in [0.29, 0.717) is 20.9 Å². The number of carbonyl (C=O) groups is 6. The van der Waals surface area contributed by atoms with Gasteiger partial charge in [-0.3, -0.25) is 19.2 Å². The number of carbonyl (C=O) groups excluding carboxylic acids is 6. The number of nitrogens with zero attached hydrogens (tertiary/aromatic N) is 2. The molecule has 0 aliphatic heterocycles. The van der Waals surface area contributed by atoms with Gasteiger partial charge in [0.2, 0.25) is 0 Å². The lowest BCUT2D eigenvalue weighted by Crippen LogP contribution is -2.46. The molecule has 0 fully saturated rings. The predicted molar refractivity (Wildman–Crippen MR) is 203 cm³/mol. The van der Waals surface area contributed by atoms with Gasteiger partial charge in [-0.1, -0.05) is 109 Å². The molecule has 2 aromatic heterocycles. The van der Waals surface area contributed by atoms with Crippen LogP contribution in [-0.2, 0) is 37.7 Å². The maximum atomic E-state index is 14.7. The van der Waals surface area contributed by atoms with Crippen LogP contribution in [0.2, 0.25) is 0 Å². The number of esters is 2. The summed E-state index contributed by atoms with van der Waals surface area (Å²) in [6.45, 7) is -0.384. The van der Waals surface area contributed by atoms with Gasteiger partial charge in [0.1, 0.15) is 23.2 Å². The Morgan fingerprint density at radius 3 is 1.18 bits per heavy atom. The van der Waals surface area contributed by atoms with E-state index in [2.05, 4.69) is 0 Å². The molecule has 2 heterocycles. The van der Waals surface area contributed by atoms with Crippen molar-refractivity contribution in [3.05, 3.63) is 175 Å². The second-order valence-electron chi connectivity index (χ2n) is 12.9. The van der Waals surface area contributed by atoms with Crippen molar-refractivity contribution in [2.24, 2.45) is 0 Å². The van der Waals surface area contributed by atoms with E-state index in [1.54, 1.807) is 97.1 Å².